The average molecular weight is 257 g/mol. The van der Waals surface area contributed by atoms with Crippen LogP contribution in [-0.4, -0.2) is 6.54 Å². The van der Waals surface area contributed by atoms with E-state index in [1.807, 2.05) is 18.2 Å². The summed E-state index contributed by atoms with van der Waals surface area (Å²) in [4.78, 5) is 0. The lowest BCUT2D eigenvalue weighted by Crippen LogP contribution is -2.25. The van der Waals surface area contributed by atoms with Crippen molar-refractivity contribution in [2.24, 2.45) is 5.41 Å². The van der Waals surface area contributed by atoms with Gasteiger partial charge in [0.1, 0.15) is 0 Å². The Hall–Kier alpha value is -1.69. The summed E-state index contributed by atoms with van der Waals surface area (Å²) in [5.41, 5.74) is 9.05. The van der Waals surface area contributed by atoms with Gasteiger partial charge in [-0.3, -0.25) is 0 Å². The first-order valence-electron chi connectivity index (χ1n) is 7.18. The Morgan fingerprint density at radius 1 is 1.37 bits per heavy atom. The Labute approximate surface area is 115 Å². The molecule has 19 heavy (non-hydrogen) atoms. The number of hydrogen-bond donors (Lipinski definition) is 2. The van der Waals surface area contributed by atoms with Gasteiger partial charge in [-0.15, -0.1) is 0 Å². The molecule has 1 saturated carbocycles. The number of hydrogen-bond acceptors (Lipinski definition) is 3. The predicted molar refractivity (Wildman–Crippen MR) is 79.9 cm³/mol. The number of nitrogens with two attached hydrogens (primary N) is 1. The lowest BCUT2D eigenvalue weighted by molar-refractivity contribution is 0.307. The van der Waals surface area contributed by atoms with E-state index in [9.17, 15) is 0 Å². The van der Waals surface area contributed by atoms with E-state index in [2.05, 4.69) is 18.3 Å². The summed E-state index contributed by atoms with van der Waals surface area (Å²) >= 11 is 0. The SMILES string of the molecule is CCC1(CNc2ccc(N)c(CC#N)c2)CCCC1. The van der Waals surface area contributed by atoms with Crippen LogP contribution in [0.4, 0.5) is 11.4 Å². The summed E-state index contributed by atoms with van der Waals surface area (Å²) in [6.07, 6.45) is 6.99. The van der Waals surface area contributed by atoms with Crippen LogP contribution in [0.3, 0.4) is 0 Å². The van der Waals surface area contributed by atoms with E-state index >= 15 is 0 Å². The van der Waals surface area contributed by atoms with Crippen LogP contribution in [0.5, 0.6) is 0 Å². The van der Waals surface area contributed by atoms with Crippen molar-refractivity contribution in [2.45, 2.75) is 45.4 Å². The highest BCUT2D eigenvalue weighted by Gasteiger charge is 2.31. The molecular formula is C16H23N3. The smallest absolute Gasteiger partial charge is 0.0670 e. The quantitative estimate of drug-likeness (QED) is 0.790. The van der Waals surface area contributed by atoms with Crippen molar-refractivity contribution in [3.05, 3.63) is 23.8 Å². The summed E-state index contributed by atoms with van der Waals surface area (Å²) in [6.45, 7) is 3.32. The van der Waals surface area contributed by atoms with E-state index in [4.69, 9.17) is 11.0 Å². The van der Waals surface area contributed by atoms with E-state index in [1.54, 1.807) is 0 Å². The van der Waals surface area contributed by atoms with Gasteiger partial charge in [0.15, 0.2) is 0 Å². The van der Waals surface area contributed by atoms with Crippen molar-refractivity contribution in [3.63, 3.8) is 0 Å². The minimum absolute atomic E-state index is 0.375. The molecule has 0 aliphatic heterocycles. The fourth-order valence-electron chi connectivity index (χ4n) is 3.02. The van der Waals surface area contributed by atoms with Gasteiger partial charge in [-0.1, -0.05) is 19.8 Å². The molecule has 0 saturated heterocycles. The lowest BCUT2D eigenvalue weighted by Gasteiger charge is -2.28. The summed E-state index contributed by atoms with van der Waals surface area (Å²) in [5, 5.41) is 12.3. The maximum Gasteiger partial charge on any atom is 0.0670 e. The Morgan fingerprint density at radius 3 is 2.74 bits per heavy atom. The van der Waals surface area contributed by atoms with Crippen molar-refractivity contribution in [1.82, 2.24) is 0 Å². The van der Waals surface area contributed by atoms with Crippen molar-refractivity contribution >= 4 is 11.4 Å². The highest BCUT2D eigenvalue weighted by atomic mass is 14.9. The summed E-state index contributed by atoms with van der Waals surface area (Å²) in [6, 6.07) is 8.07. The van der Waals surface area contributed by atoms with Crippen molar-refractivity contribution in [2.75, 3.05) is 17.6 Å². The van der Waals surface area contributed by atoms with Gasteiger partial charge in [-0.2, -0.15) is 5.26 Å². The summed E-state index contributed by atoms with van der Waals surface area (Å²) in [5.74, 6) is 0. The third kappa shape index (κ3) is 3.20. The monoisotopic (exact) mass is 257 g/mol. The van der Waals surface area contributed by atoms with E-state index in [0.29, 0.717) is 17.5 Å². The first kappa shape index (κ1) is 13.7. The first-order valence-corrected chi connectivity index (χ1v) is 7.18. The Bertz CT molecular complexity index is 467. The van der Waals surface area contributed by atoms with Crippen LogP contribution in [0.15, 0.2) is 18.2 Å². The number of nitriles is 1. The molecule has 0 heterocycles. The van der Waals surface area contributed by atoms with Crippen molar-refractivity contribution in [1.29, 1.82) is 5.26 Å². The standard InChI is InChI=1S/C16H23N3/c1-2-16(8-3-4-9-16)12-19-14-5-6-15(18)13(11-14)7-10-17/h5-6,11,19H,2-4,7-9,12,18H2,1H3. The number of benzene rings is 1. The van der Waals surface area contributed by atoms with Gasteiger partial charge in [-0.25, -0.2) is 0 Å². The van der Waals surface area contributed by atoms with Gasteiger partial charge in [0.2, 0.25) is 0 Å². The molecule has 102 valence electrons. The van der Waals surface area contributed by atoms with Gasteiger partial charge in [-0.05, 0) is 48.4 Å². The van der Waals surface area contributed by atoms with E-state index in [1.165, 1.54) is 32.1 Å². The molecule has 0 spiro atoms. The minimum atomic E-state index is 0.375. The van der Waals surface area contributed by atoms with Crippen molar-refractivity contribution < 1.29 is 0 Å². The molecule has 2 rings (SSSR count). The van der Waals surface area contributed by atoms with Gasteiger partial charge in [0.05, 0.1) is 12.5 Å². The molecule has 0 unspecified atom stereocenters. The second-order valence-corrected chi connectivity index (χ2v) is 5.66. The zero-order valence-corrected chi connectivity index (χ0v) is 11.7. The van der Waals surface area contributed by atoms with Crippen LogP contribution in [0.25, 0.3) is 0 Å². The van der Waals surface area contributed by atoms with Crippen LogP contribution in [-0.2, 0) is 6.42 Å². The highest BCUT2D eigenvalue weighted by Crippen LogP contribution is 2.41. The zero-order chi connectivity index (χ0) is 13.7. The molecule has 1 aromatic rings. The number of nitrogen functional groups attached to an aromatic ring is 1. The van der Waals surface area contributed by atoms with Crippen LogP contribution in [0.1, 0.15) is 44.6 Å². The molecule has 0 radical (unpaired) electrons. The lowest BCUT2D eigenvalue weighted by atomic mass is 9.83. The fraction of sp³-hybridized carbons (Fsp3) is 0.562. The third-order valence-electron chi connectivity index (χ3n) is 4.49. The molecule has 0 atom stereocenters. The summed E-state index contributed by atoms with van der Waals surface area (Å²) < 4.78 is 0. The number of anilines is 2. The molecular weight excluding hydrogens is 234 g/mol. The molecule has 0 aromatic heterocycles. The van der Waals surface area contributed by atoms with E-state index in [0.717, 1.165) is 17.8 Å². The van der Waals surface area contributed by atoms with Gasteiger partial charge in [0, 0.05) is 17.9 Å². The molecule has 0 amide bonds. The van der Waals surface area contributed by atoms with Crippen LogP contribution in [0.2, 0.25) is 0 Å². The second-order valence-electron chi connectivity index (χ2n) is 5.66. The zero-order valence-electron chi connectivity index (χ0n) is 11.7. The molecule has 3 nitrogen and oxygen atoms in total. The molecule has 1 aromatic carbocycles. The average Bonchev–Trinajstić information content (AvgIpc) is 2.89. The molecule has 1 aliphatic carbocycles. The maximum absolute atomic E-state index is 8.79. The van der Waals surface area contributed by atoms with Crippen LogP contribution < -0.4 is 11.1 Å². The molecule has 1 aliphatic rings. The number of nitrogens with one attached hydrogen (secondary N) is 1. The van der Waals surface area contributed by atoms with E-state index in [-0.39, 0.29) is 0 Å². The predicted octanol–water partition coefficient (Wildman–Crippen LogP) is 3.72. The second kappa shape index (κ2) is 5.97. The molecule has 0 bridgehead atoms. The van der Waals surface area contributed by atoms with Crippen molar-refractivity contribution in [3.8, 4) is 6.07 Å². The van der Waals surface area contributed by atoms with Gasteiger partial charge >= 0.3 is 0 Å². The molecule has 3 heteroatoms. The Kier molecular flexibility index (Phi) is 4.31. The van der Waals surface area contributed by atoms with Gasteiger partial charge < -0.3 is 11.1 Å². The third-order valence-corrected chi connectivity index (χ3v) is 4.49. The highest BCUT2D eigenvalue weighted by molar-refractivity contribution is 5.58. The van der Waals surface area contributed by atoms with Crippen LogP contribution >= 0.6 is 0 Å². The normalized spacial score (nSPS) is 17.1. The maximum atomic E-state index is 8.79. The largest absolute Gasteiger partial charge is 0.398 e. The number of nitrogens with zero attached hydrogens (tertiary/aromatic N) is 1. The minimum Gasteiger partial charge on any atom is -0.398 e. The first-order chi connectivity index (χ1) is 9.19. The van der Waals surface area contributed by atoms with Gasteiger partial charge in [0.25, 0.3) is 0 Å². The fourth-order valence-corrected chi connectivity index (χ4v) is 3.02. The number of rotatable bonds is 5. The summed E-state index contributed by atoms with van der Waals surface area (Å²) in [7, 11) is 0. The Balaban J connectivity index is 2.03. The van der Waals surface area contributed by atoms with Crippen LogP contribution in [0, 0.1) is 16.7 Å². The molecule has 3 N–H and O–H groups in total. The molecule has 1 fully saturated rings. The topological polar surface area (TPSA) is 61.8 Å². The van der Waals surface area contributed by atoms with E-state index < -0.39 is 0 Å². The Morgan fingerprint density at radius 2 is 2.11 bits per heavy atom.